The summed E-state index contributed by atoms with van der Waals surface area (Å²) in [7, 11) is 1.99. The molecule has 4 heteroatoms. The molecule has 1 heterocycles. The Morgan fingerprint density at radius 1 is 1.53 bits per heavy atom. The molecule has 1 N–H and O–H groups in total. The van der Waals surface area contributed by atoms with Gasteiger partial charge in [0.25, 0.3) is 0 Å². The summed E-state index contributed by atoms with van der Waals surface area (Å²) in [6.07, 6.45) is 2.21. The van der Waals surface area contributed by atoms with Crippen molar-refractivity contribution in [2.45, 2.75) is 19.8 Å². The minimum Gasteiger partial charge on any atom is -0.481 e. The molecule has 4 nitrogen and oxygen atoms in total. The fraction of sp³-hybridized carbons (Fsp3) is 0.909. The molecule has 1 atom stereocenters. The zero-order valence-corrected chi connectivity index (χ0v) is 9.61. The topological polar surface area (TPSA) is 49.8 Å². The Bertz CT molecular complexity index is 202. The van der Waals surface area contributed by atoms with Gasteiger partial charge in [0, 0.05) is 26.3 Å². The van der Waals surface area contributed by atoms with Crippen molar-refractivity contribution in [1.29, 1.82) is 0 Å². The molecule has 1 aliphatic rings. The molecule has 0 saturated carbocycles. The number of carboxylic acid groups (broad SMARTS) is 1. The molecule has 0 aliphatic carbocycles. The van der Waals surface area contributed by atoms with Crippen molar-refractivity contribution in [3.05, 3.63) is 0 Å². The Kier molecular flexibility index (Phi) is 5.05. The van der Waals surface area contributed by atoms with Gasteiger partial charge >= 0.3 is 5.97 Å². The van der Waals surface area contributed by atoms with E-state index in [9.17, 15) is 4.79 Å². The molecule has 1 aliphatic heterocycles. The smallest absolute Gasteiger partial charge is 0.307 e. The van der Waals surface area contributed by atoms with Gasteiger partial charge < -0.3 is 14.7 Å². The first-order valence-electron chi connectivity index (χ1n) is 5.58. The lowest BCUT2D eigenvalue weighted by atomic mass is 9.99. The van der Waals surface area contributed by atoms with Crippen LogP contribution in [0.25, 0.3) is 0 Å². The van der Waals surface area contributed by atoms with Gasteiger partial charge in [0.05, 0.1) is 5.92 Å². The summed E-state index contributed by atoms with van der Waals surface area (Å²) in [5.41, 5.74) is 0. The first-order valence-corrected chi connectivity index (χ1v) is 5.58. The van der Waals surface area contributed by atoms with Crippen molar-refractivity contribution in [3.8, 4) is 0 Å². The number of aliphatic carboxylic acids is 1. The van der Waals surface area contributed by atoms with Crippen molar-refractivity contribution in [2.75, 3.05) is 33.4 Å². The maximum atomic E-state index is 10.7. The maximum Gasteiger partial charge on any atom is 0.307 e. The quantitative estimate of drug-likeness (QED) is 0.745. The molecule has 0 amide bonds. The first kappa shape index (κ1) is 12.5. The van der Waals surface area contributed by atoms with E-state index >= 15 is 0 Å². The minimum absolute atomic E-state index is 0.283. The van der Waals surface area contributed by atoms with Gasteiger partial charge in [-0.3, -0.25) is 4.79 Å². The third-order valence-electron chi connectivity index (χ3n) is 2.92. The standard InChI is InChI=1S/C11H21NO3/c1-9(11(13)14)7-12(2)8-10-3-5-15-6-4-10/h9-10H,3-8H2,1-2H3,(H,13,14). The van der Waals surface area contributed by atoms with Crippen molar-refractivity contribution in [3.63, 3.8) is 0 Å². The van der Waals surface area contributed by atoms with Crippen LogP contribution in [0.5, 0.6) is 0 Å². The van der Waals surface area contributed by atoms with E-state index in [1.807, 2.05) is 7.05 Å². The summed E-state index contributed by atoms with van der Waals surface area (Å²) in [6, 6.07) is 0. The van der Waals surface area contributed by atoms with Crippen molar-refractivity contribution >= 4 is 5.97 Å². The molecule has 15 heavy (non-hydrogen) atoms. The van der Waals surface area contributed by atoms with Gasteiger partial charge in [-0.2, -0.15) is 0 Å². The summed E-state index contributed by atoms with van der Waals surface area (Å²) >= 11 is 0. The van der Waals surface area contributed by atoms with Crippen LogP contribution in [0.15, 0.2) is 0 Å². The van der Waals surface area contributed by atoms with Crippen LogP contribution in [0.4, 0.5) is 0 Å². The molecule has 0 aromatic heterocycles. The summed E-state index contributed by atoms with van der Waals surface area (Å²) in [5, 5.41) is 8.79. The highest BCUT2D eigenvalue weighted by molar-refractivity contribution is 5.69. The maximum absolute atomic E-state index is 10.7. The summed E-state index contributed by atoms with van der Waals surface area (Å²) in [6.45, 7) is 5.08. The predicted molar refractivity (Wildman–Crippen MR) is 57.8 cm³/mol. The second-order valence-corrected chi connectivity index (χ2v) is 4.52. The molecule has 0 aromatic rings. The predicted octanol–water partition coefficient (Wildman–Crippen LogP) is 1.07. The van der Waals surface area contributed by atoms with Crippen LogP contribution < -0.4 is 0 Å². The average molecular weight is 215 g/mol. The minimum atomic E-state index is -0.714. The lowest BCUT2D eigenvalue weighted by Gasteiger charge is -2.27. The van der Waals surface area contributed by atoms with Gasteiger partial charge in [-0.25, -0.2) is 0 Å². The normalized spacial score (nSPS) is 20.5. The van der Waals surface area contributed by atoms with E-state index < -0.39 is 5.97 Å². The largest absolute Gasteiger partial charge is 0.481 e. The van der Waals surface area contributed by atoms with Gasteiger partial charge in [-0.15, -0.1) is 0 Å². The van der Waals surface area contributed by atoms with Gasteiger partial charge in [-0.05, 0) is 25.8 Å². The Morgan fingerprint density at radius 3 is 2.67 bits per heavy atom. The monoisotopic (exact) mass is 215 g/mol. The van der Waals surface area contributed by atoms with Crippen LogP contribution in [0.2, 0.25) is 0 Å². The van der Waals surface area contributed by atoms with Crippen molar-refractivity contribution < 1.29 is 14.6 Å². The van der Waals surface area contributed by atoms with Crippen molar-refractivity contribution in [1.82, 2.24) is 4.90 Å². The Hall–Kier alpha value is -0.610. The van der Waals surface area contributed by atoms with Crippen molar-refractivity contribution in [2.24, 2.45) is 11.8 Å². The summed E-state index contributed by atoms with van der Waals surface area (Å²) < 4.78 is 5.29. The highest BCUT2D eigenvalue weighted by Crippen LogP contribution is 2.15. The van der Waals surface area contributed by atoms with E-state index in [0.29, 0.717) is 12.5 Å². The molecule has 1 rings (SSSR count). The highest BCUT2D eigenvalue weighted by atomic mass is 16.5. The number of nitrogens with zero attached hydrogens (tertiary/aromatic N) is 1. The number of hydrogen-bond acceptors (Lipinski definition) is 3. The fourth-order valence-electron chi connectivity index (χ4n) is 1.99. The first-order chi connectivity index (χ1) is 7.09. The molecular formula is C11H21NO3. The zero-order chi connectivity index (χ0) is 11.3. The summed E-state index contributed by atoms with van der Waals surface area (Å²) in [5.74, 6) is -0.326. The van der Waals surface area contributed by atoms with E-state index in [2.05, 4.69) is 4.90 Å². The average Bonchev–Trinajstić information content (AvgIpc) is 2.18. The van der Waals surface area contributed by atoms with Crippen LogP contribution in [-0.4, -0.2) is 49.3 Å². The van der Waals surface area contributed by atoms with Crippen LogP contribution in [-0.2, 0) is 9.53 Å². The number of carbonyl (C=O) groups is 1. The SMILES string of the molecule is CC(CN(C)CC1CCOCC1)C(=O)O. The third-order valence-corrected chi connectivity index (χ3v) is 2.92. The van der Waals surface area contributed by atoms with Gasteiger partial charge in [0.2, 0.25) is 0 Å². The number of hydrogen-bond donors (Lipinski definition) is 1. The molecular weight excluding hydrogens is 194 g/mol. The summed E-state index contributed by atoms with van der Waals surface area (Å²) in [4.78, 5) is 12.8. The van der Waals surface area contributed by atoms with E-state index in [4.69, 9.17) is 9.84 Å². The van der Waals surface area contributed by atoms with Crippen LogP contribution in [0, 0.1) is 11.8 Å². The van der Waals surface area contributed by atoms with E-state index in [0.717, 1.165) is 32.6 Å². The van der Waals surface area contributed by atoms with Gasteiger partial charge in [0.1, 0.15) is 0 Å². The second kappa shape index (κ2) is 6.08. The third kappa shape index (κ3) is 4.62. The van der Waals surface area contributed by atoms with E-state index in [-0.39, 0.29) is 5.92 Å². The Morgan fingerprint density at radius 2 is 2.13 bits per heavy atom. The highest BCUT2D eigenvalue weighted by Gasteiger charge is 2.18. The lowest BCUT2D eigenvalue weighted by Crippen LogP contribution is -2.34. The van der Waals surface area contributed by atoms with Gasteiger partial charge in [-0.1, -0.05) is 6.92 Å². The second-order valence-electron chi connectivity index (χ2n) is 4.52. The van der Waals surface area contributed by atoms with Gasteiger partial charge in [0.15, 0.2) is 0 Å². The molecule has 0 radical (unpaired) electrons. The lowest BCUT2D eigenvalue weighted by molar-refractivity contribution is -0.141. The molecule has 88 valence electrons. The van der Waals surface area contributed by atoms with E-state index in [1.165, 1.54) is 0 Å². The molecule has 0 bridgehead atoms. The van der Waals surface area contributed by atoms with E-state index in [1.54, 1.807) is 6.92 Å². The van der Waals surface area contributed by atoms with Crippen LogP contribution in [0.1, 0.15) is 19.8 Å². The Labute approximate surface area is 91.2 Å². The zero-order valence-electron chi connectivity index (χ0n) is 9.61. The fourth-order valence-corrected chi connectivity index (χ4v) is 1.99. The Balaban J connectivity index is 2.22. The molecule has 1 fully saturated rings. The molecule has 0 spiro atoms. The number of rotatable bonds is 5. The number of carboxylic acids is 1. The molecule has 1 saturated heterocycles. The number of ether oxygens (including phenoxy) is 1. The van der Waals surface area contributed by atoms with Crippen LogP contribution >= 0.6 is 0 Å². The molecule has 1 unspecified atom stereocenters. The molecule has 0 aromatic carbocycles. The van der Waals surface area contributed by atoms with Crippen LogP contribution in [0.3, 0.4) is 0 Å².